The number of benzene rings is 2. The quantitative estimate of drug-likeness (QED) is 0.585. The van der Waals surface area contributed by atoms with E-state index in [4.69, 9.17) is 11.6 Å². The van der Waals surface area contributed by atoms with Crippen LogP contribution in [-0.2, 0) is 12.8 Å². The molecule has 2 heterocycles. The van der Waals surface area contributed by atoms with Gasteiger partial charge in [-0.3, -0.25) is 4.98 Å². The number of hydrogen-bond acceptors (Lipinski definition) is 4. The molecule has 154 valence electrons. The number of fused-ring (bicyclic) bond motifs is 1. The summed E-state index contributed by atoms with van der Waals surface area (Å²) >= 11 is 6.01. The summed E-state index contributed by atoms with van der Waals surface area (Å²) in [6.07, 6.45) is 5.66. The van der Waals surface area contributed by atoms with Gasteiger partial charge in [0.05, 0.1) is 5.56 Å². The van der Waals surface area contributed by atoms with E-state index in [0.717, 1.165) is 41.3 Å². The molecule has 1 atom stereocenters. The Balaban J connectivity index is 1.52. The number of pyridine rings is 1. The number of carboxylic acids is 1. The first-order valence-corrected chi connectivity index (χ1v) is 10.4. The van der Waals surface area contributed by atoms with E-state index in [0.29, 0.717) is 12.0 Å². The lowest BCUT2D eigenvalue weighted by molar-refractivity contribution is 0.0695. The first-order chi connectivity index (χ1) is 14.5. The Morgan fingerprint density at radius 2 is 1.97 bits per heavy atom. The maximum absolute atomic E-state index is 11.5. The van der Waals surface area contributed by atoms with Gasteiger partial charge in [0.1, 0.15) is 0 Å². The zero-order valence-electron chi connectivity index (χ0n) is 16.8. The molecule has 2 aromatic carbocycles. The van der Waals surface area contributed by atoms with Crippen LogP contribution < -0.4 is 10.2 Å². The highest BCUT2D eigenvalue weighted by molar-refractivity contribution is 6.30. The van der Waals surface area contributed by atoms with Gasteiger partial charge in [0.25, 0.3) is 0 Å². The van der Waals surface area contributed by atoms with Crippen molar-refractivity contribution in [1.29, 1.82) is 0 Å². The van der Waals surface area contributed by atoms with E-state index in [1.807, 2.05) is 24.3 Å². The molecule has 1 aliphatic rings. The number of hydrogen-bond donors (Lipinski definition) is 2. The Bertz CT molecular complexity index is 1050. The lowest BCUT2D eigenvalue weighted by Gasteiger charge is -2.29. The lowest BCUT2D eigenvalue weighted by atomic mass is 9.89. The van der Waals surface area contributed by atoms with E-state index >= 15 is 0 Å². The van der Waals surface area contributed by atoms with Crippen LogP contribution in [0.15, 0.2) is 60.9 Å². The van der Waals surface area contributed by atoms with E-state index in [1.165, 1.54) is 17.3 Å². The van der Waals surface area contributed by atoms with E-state index in [2.05, 4.69) is 40.4 Å². The molecular weight excluding hydrogens is 398 g/mol. The van der Waals surface area contributed by atoms with Gasteiger partial charge in [-0.05, 0) is 85.0 Å². The molecule has 6 heteroatoms. The fourth-order valence-electron chi connectivity index (χ4n) is 4.05. The molecule has 1 aliphatic heterocycles. The Hall–Kier alpha value is -2.89. The van der Waals surface area contributed by atoms with Crippen LogP contribution in [0.2, 0.25) is 5.02 Å². The molecule has 0 radical (unpaired) electrons. The van der Waals surface area contributed by atoms with Crippen molar-refractivity contribution < 1.29 is 9.90 Å². The molecule has 0 amide bonds. The monoisotopic (exact) mass is 421 g/mol. The van der Waals surface area contributed by atoms with Gasteiger partial charge in [-0.25, -0.2) is 4.79 Å². The predicted molar refractivity (Wildman–Crippen MR) is 120 cm³/mol. The first kappa shape index (κ1) is 20.4. The zero-order valence-corrected chi connectivity index (χ0v) is 17.6. The fraction of sp³-hybridized carbons (Fsp3) is 0.250. The highest BCUT2D eigenvalue weighted by Gasteiger charge is 2.21. The minimum Gasteiger partial charge on any atom is -0.478 e. The van der Waals surface area contributed by atoms with Crippen LogP contribution in [0.5, 0.6) is 0 Å². The number of aromatic nitrogens is 1. The first-order valence-electron chi connectivity index (χ1n) is 10.0. The minimum atomic E-state index is -0.903. The van der Waals surface area contributed by atoms with Crippen LogP contribution in [0.1, 0.15) is 39.5 Å². The lowest BCUT2D eigenvalue weighted by Crippen LogP contribution is -2.30. The maximum Gasteiger partial charge on any atom is 0.336 e. The molecule has 3 aromatic rings. The molecule has 0 saturated carbocycles. The zero-order chi connectivity index (χ0) is 21.1. The second kappa shape index (κ2) is 8.86. The second-order valence-electron chi connectivity index (χ2n) is 7.55. The smallest absolute Gasteiger partial charge is 0.336 e. The summed E-state index contributed by atoms with van der Waals surface area (Å²) in [5, 5.41) is 13.7. The molecule has 4 rings (SSSR count). The van der Waals surface area contributed by atoms with Crippen molar-refractivity contribution in [1.82, 2.24) is 10.3 Å². The summed E-state index contributed by atoms with van der Waals surface area (Å²) < 4.78 is 0. The minimum absolute atomic E-state index is 0.200. The standard InChI is InChI=1S/C24H24ClN3O2/c1-28(19-5-3-18(25)4-6-19)20-7-8-21-16(14-20)10-13-27-23(21)9-2-17-15-26-12-11-22(17)24(29)30/h3-8,11-12,14-15,23,27H,2,9-10,13H2,1H3,(H,29,30)/t23-/m0/s1. The number of anilines is 2. The van der Waals surface area contributed by atoms with E-state index in [9.17, 15) is 9.90 Å². The van der Waals surface area contributed by atoms with Gasteiger partial charge in [-0.2, -0.15) is 0 Å². The number of halogens is 1. The fourth-order valence-corrected chi connectivity index (χ4v) is 4.18. The topological polar surface area (TPSA) is 65.5 Å². The van der Waals surface area contributed by atoms with Crippen LogP contribution >= 0.6 is 11.6 Å². The molecular formula is C24H24ClN3O2. The maximum atomic E-state index is 11.5. The van der Waals surface area contributed by atoms with Crippen molar-refractivity contribution in [3.05, 3.63) is 88.2 Å². The van der Waals surface area contributed by atoms with Crippen molar-refractivity contribution in [2.24, 2.45) is 0 Å². The molecule has 2 N–H and O–H groups in total. The summed E-state index contributed by atoms with van der Waals surface area (Å²) in [6.45, 7) is 0.907. The van der Waals surface area contributed by atoms with Crippen LogP contribution in [0.3, 0.4) is 0 Å². The molecule has 0 fully saturated rings. The number of aryl methyl sites for hydroxylation is 1. The number of carbonyl (C=O) groups is 1. The molecule has 30 heavy (non-hydrogen) atoms. The van der Waals surface area contributed by atoms with Crippen LogP contribution in [0.25, 0.3) is 0 Å². The van der Waals surface area contributed by atoms with Gasteiger partial charge in [0.15, 0.2) is 0 Å². The molecule has 0 spiro atoms. The van der Waals surface area contributed by atoms with Crippen molar-refractivity contribution in [3.8, 4) is 0 Å². The van der Waals surface area contributed by atoms with Crippen molar-refractivity contribution >= 4 is 28.9 Å². The van der Waals surface area contributed by atoms with Gasteiger partial charge in [-0.1, -0.05) is 17.7 Å². The van der Waals surface area contributed by atoms with Crippen molar-refractivity contribution in [3.63, 3.8) is 0 Å². The molecule has 0 aliphatic carbocycles. The van der Waals surface area contributed by atoms with Crippen molar-refractivity contribution in [2.45, 2.75) is 25.3 Å². The third-order valence-corrected chi connectivity index (χ3v) is 5.98. The Labute approximate surface area is 181 Å². The van der Waals surface area contributed by atoms with E-state index in [1.54, 1.807) is 12.3 Å². The SMILES string of the molecule is CN(c1ccc(Cl)cc1)c1ccc2c(c1)CCN[C@H]2CCc1cnccc1C(=O)O. The number of carboxylic acid groups (broad SMARTS) is 1. The average Bonchev–Trinajstić information content (AvgIpc) is 2.77. The van der Waals surface area contributed by atoms with Gasteiger partial charge in [0.2, 0.25) is 0 Å². The Kier molecular flexibility index (Phi) is 6.02. The Morgan fingerprint density at radius 1 is 1.20 bits per heavy atom. The highest BCUT2D eigenvalue weighted by Crippen LogP contribution is 2.32. The average molecular weight is 422 g/mol. The van der Waals surface area contributed by atoms with Gasteiger partial charge >= 0.3 is 5.97 Å². The number of nitrogens with one attached hydrogen (secondary N) is 1. The van der Waals surface area contributed by atoms with Crippen LogP contribution in [0, 0.1) is 0 Å². The number of rotatable bonds is 6. The second-order valence-corrected chi connectivity index (χ2v) is 7.99. The van der Waals surface area contributed by atoms with Gasteiger partial charge in [0, 0.05) is 41.9 Å². The molecule has 5 nitrogen and oxygen atoms in total. The molecule has 1 aromatic heterocycles. The normalized spacial score (nSPS) is 15.5. The van der Waals surface area contributed by atoms with E-state index < -0.39 is 5.97 Å². The summed E-state index contributed by atoms with van der Waals surface area (Å²) in [5.41, 5.74) is 5.95. The molecule has 0 unspecified atom stereocenters. The Morgan fingerprint density at radius 3 is 2.73 bits per heavy atom. The van der Waals surface area contributed by atoms with Gasteiger partial charge in [-0.15, -0.1) is 0 Å². The summed E-state index contributed by atoms with van der Waals surface area (Å²) in [6, 6.07) is 16.2. The van der Waals surface area contributed by atoms with Crippen molar-refractivity contribution in [2.75, 3.05) is 18.5 Å². The third-order valence-electron chi connectivity index (χ3n) is 5.72. The van der Waals surface area contributed by atoms with Crippen LogP contribution in [-0.4, -0.2) is 29.7 Å². The van der Waals surface area contributed by atoms with Crippen LogP contribution in [0.4, 0.5) is 11.4 Å². The summed E-state index contributed by atoms with van der Waals surface area (Å²) in [4.78, 5) is 17.7. The number of aromatic carboxylic acids is 1. The third kappa shape index (κ3) is 4.32. The van der Waals surface area contributed by atoms with Gasteiger partial charge < -0.3 is 15.3 Å². The summed E-state index contributed by atoms with van der Waals surface area (Å²) in [7, 11) is 2.05. The largest absolute Gasteiger partial charge is 0.478 e. The predicted octanol–water partition coefficient (Wildman–Crippen LogP) is 5.02. The van der Waals surface area contributed by atoms with E-state index in [-0.39, 0.29) is 6.04 Å². The summed E-state index contributed by atoms with van der Waals surface area (Å²) in [5.74, 6) is -0.903. The number of nitrogens with zero attached hydrogens (tertiary/aromatic N) is 2. The molecule has 0 saturated heterocycles. The molecule has 0 bridgehead atoms. The highest BCUT2D eigenvalue weighted by atomic mass is 35.5.